The first-order valence-corrected chi connectivity index (χ1v) is 8.42. The first kappa shape index (κ1) is 15.6. The van der Waals surface area contributed by atoms with Crippen LogP contribution in [0.1, 0.15) is 34.2 Å². The fraction of sp³-hybridized carbons (Fsp3) is 0.238. The quantitative estimate of drug-likeness (QED) is 0.729. The van der Waals surface area contributed by atoms with Crippen molar-refractivity contribution < 1.29 is 4.74 Å². The molecule has 0 saturated carbocycles. The highest BCUT2D eigenvalue weighted by atomic mass is 16.5. The Bertz CT molecular complexity index is 923. The van der Waals surface area contributed by atoms with E-state index in [1.807, 2.05) is 24.7 Å². The van der Waals surface area contributed by atoms with Gasteiger partial charge in [0.05, 0.1) is 24.6 Å². The van der Waals surface area contributed by atoms with Crippen LogP contribution in [0.4, 0.5) is 0 Å². The molecule has 1 aliphatic heterocycles. The van der Waals surface area contributed by atoms with Crippen LogP contribution < -0.4 is 0 Å². The fourth-order valence-electron chi connectivity index (χ4n) is 3.57. The van der Waals surface area contributed by atoms with Crippen LogP contribution in [0, 0.1) is 18.3 Å². The lowest BCUT2D eigenvalue weighted by Gasteiger charge is -2.31. The second-order valence-corrected chi connectivity index (χ2v) is 6.52. The predicted octanol–water partition coefficient (Wildman–Crippen LogP) is 3.93. The minimum Gasteiger partial charge on any atom is -0.361 e. The van der Waals surface area contributed by atoms with Gasteiger partial charge in [0, 0.05) is 25.4 Å². The van der Waals surface area contributed by atoms with Crippen molar-refractivity contribution in [1.29, 1.82) is 5.26 Å². The summed E-state index contributed by atoms with van der Waals surface area (Å²) in [4.78, 5) is 4.13. The Morgan fingerprint density at radius 3 is 2.80 bits per heavy atom. The van der Waals surface area contributed by atoms with Crippen molar-refractivity contribution in [2.45, 2.75) is 32.1 Å². The zero-order chi connectivity index (χ0) is 17.3. The SMILES string of the molecule is Cc1ccc(C2(CCn3ccnc3)OCc3cc(C#N)ccc32)cc1. The number of fused-ring (bicyclic) bond motifs is 1. The zero-order valence-electron chi connectivity index (χ0n) is 14.1. The summed E-state index contributed by atoms with van der Waals surface area (Å²) in [7, 11) is 0. The van der Waals surface area contributed by atoms with Gasteiger partial charge in [-0.25, -0.2) is 4.98 Å². The lowest BCUT2D eigenvalue weighted by molar-refractivity contribution is -0.0145. The van der Waals surface area contributed by atoms with Crippen molar-refractivity contribution in [3.63, 3.8) is 0 Å². The number of aromatic nitrogens is 2. The highest BCUT2D eigenvalue weighted by molar-refractivity contribution is 5.48. The lowest BCUT2D eigenvalue weighted by atomic mass is 9.82. The molecule has 0 saturated heterocycles. The van der Waals surface area contributed by atoms with E-state index in [0.29, 0.717) is 12.2 Å². The summed E-state index contributed by atoms with van der Waals surface area (Å²) in [5.41, 5.74) is 4.84. The van der Waals surface area contributed by atoms with E-state index < -0.39 is 5.60 Å². The number of ether oxygens (including phenoxy) is 1. The first-order chi connectivity index (χ1) is 12.2. The predicted molar refractivity (Wildman–Crippen MR) is 94.7 cm³/mol. The van der Waals surface area contributed by atoms with Crippen molar-refractivity contribution in [3.05, 3.63) is 89.0 Å². The van der Waals surface area contributed by atoms with Crippen LogP contribution in [0.3, 0.4) is 0 Å². The standard InChI is InChI=1S/C21H19N3O/c1-16-2-5-19(6-3-16)21(8-10-24-11-9-23-15-24)20-7-4-17(13-22)12-18(20)14-25-21/h2-7,9,11-12,15H,8,10,14H2,1H3. The van der Waals surface area contributed by atoms with Crippen LogP contribution in [0.25, 0.3) is 0 Å². The molecule has 0 aliphatic carbocycles. The van der Waals surface area contributed by atoms with E-state index in [-0.39, 0.29) is 0 Å². The second-order valence-electron chi connectivity index (χ2n) is 6.52. The summed E-state index contributed by atoms with van der Waals surface area (Å²) in [5, 5.41) is 9.17. The maximum absolute atomic E-state index is 9.17. The van der Waals surface area contributed by atoms with Crippen LogP contribution in [0.2, 0.25) is 0 Å². The molecule has 4 nitrogen and oxygen atoms in total. The molecule has 1 atom stereocenters. The first-order valence-electron chi connectivity index (χ1n) is 8.42. The molecule has 3 aromatic rings. The summed E-state index contributed by atoms with van der Waals surface area (Å²) < 4.78 is 8.46. The summed E-state index contributed by atoms with van der Waals surface area (Å²) >= 11 is 0. The molecule has 4 heteroatoms. The van der Waals surface area contributed by atoms with Crippen LogP contribution >= 0.6 is 0 Å². The zero-order valence-corrected chi connectivity index (χ0v) is 14.1. The summed E-state index contributed by atoms with van der Waals surface area (Å²) in [5.74, 6) is 0. The van der Waals surface area contributed by atoms with Gasteiger partial charge in [0.1, 0.15) is 5.60 Å². The summed E-state index contributed by atoms with van der Waals surface area (Å²) in [6, 6.07) is 16.6. The Hall–Kier alpha value is -2.90. The number of benzene rings is 2. The van der Waals surface area contributed by atoms with Crippen molar-refractivity contribution in [2.24, 2.45) is 0 Å². The van der Waals surface area contributed by atoms with E-state index >= 15 is 0 Å². The van der Waals surface area contributed by atoms with Crippen molar-refractivity contribution in [3.8, 4) is 6.07 Å². The monoisotopic (exact) mass is 329 g/mol. The van der Waals surface area contributed by atoms with Gasteiger partial charge in [-0.2, -0.15) is 5.26 Å². The second kappa shape index (κ2) is 6.19. The van der Waals surface area contributed by atoms with Gasteiger partial charge in [0.2, 0.25) is 0 Å². The Balaban J connectivity index is 1.78. The van der Waals surface area contributed by atoms with Gasteiger partial charge in [0.15, 0.2) is 0 Å². The molecule has 0 fully saturated rings. The number of hydrogen-bond acceptors (Lipinski definition) is 3. The number of hydrogen-bond donors (Lipinski definition) is 0. The topological polar surface area (TPSA) is 50.8 Å². The van der Waals surface area contributed by atoms with Gasteiger partial charge in [-0.1, -0.05) is 35.9 Å². The number of rotatable bonds is 4. The molecule has 4 rings (SSSR count). The third-order valence-corrected chi connectivity index (χ3v) is 4.94. The van der Waals surface area contributed by atoms with Gasteiger partial charge in [-0.15, -0.1) is 0 Å². The fourth-order valence-corrected chi connectivity index (χ4v) is 3.57. The number of imidazole rings is 1. The van der Waals surface area contributed by atoms with Gasteiger partial charge in [-0.05, 0) is 35.7 Å². The Morgan fingerprint density at radius 2 is 2.08 bits per heavy atom. The van der Waals surface area contributed by atoms with Gasteiger partial charge < -0.3 is 9.30 Å². The van der Waals surface area contributed by atoms with E-state index in [1.54, 1.807) is 6.20 Å². The Labute approximate surface area is 147 Å². The molecule has 124 valence electrons. The largest absolute Gasteiger partial charge is 0.361 e. The highest BCUT2D eigenvalue weighted by Gasteiger charge is 2.41. The third-order valence-electron chi connectivity index (χ3n) is 4.94. The van der Waals surface area contributed by atoms with Gasteiger partial charge in [0.25, 0.3) is 0 Å². The Kier molecular flexibility index (Phi) is 3.87. The van der Waals surface area contributed by atoms with Gasteiger partial charge in [-0.3, -0.25) is 0 Å². The van der Waals surface area contributed by atoms with Crippen molar-refractivity contribution in [1.82, 2.24) is 9.55 Å². The molecule has 0 radical (unpaired) electrons. The van der Waals surface area contributed by atoms with E-state index in [2.05, 4.69) is 52.9 Å². The van der Waals surface area contributed by atoms with Crippen LogP contribution in [-0.2, 0) is 23.5 Å². The highest BCUT2D eigenvalue weighted by Crippen LogP contribution is 2.45. The minimum atomic E-state index is -0.485. The average Bonchev–Trinajstić information content (AvgIpc) is 3.28. The molecular weight excluding hydrogens is 310 g/mol. The molecular formula is C21H19N3O. The average molecular weight is 329 g/mol. The lowest BCUT2D eigenvalue weighted by Crippen LogP contribution is -2.28. The van der Waals surface area contributed by atoms with Crippen molar-refractivity contribution >= 4 is 0 Å². The van der Waals surface area contributed by atoms with E-state index in [0.717, 1.165) is 29.7 Å². The molecule has 1 aromatic heterocycles. The number of aryl methyl sites for hydroxylation is 2. The maximum atomic E-state index is 9.17. The number of nitriles is 1. The molecule has 1 aliphatic rings. The molecule has 0 bridgehead atoms. The molecule has 1 unspecified atom stereocenters. The van der Waals surface area contributed by atoms with Crippen LogP contribution in [-0.4, -0.2) is 9.55 Å². The summed E-state index contributed by atoms with van der Waals surface area (Å²) in [6.45, 7) is 3.43. The minimum absolute atomic E-state index is 0.485. The smallest absolute Gasteiger partial charge is 0.121 e. The molecule has 2 aromatic carbocycles. The molecule has 2 heterocycles. The number of nitrogens with zero attached hydrogens (tertiary/aromatic N) is 3. The molecule has 25 heavy (non-hydrogen) atoms. The van der Waals surface area contributed by atoms with Gasteiger partial charge >= 0.3 is 0 Å². The Morgan fingerprint density at radius 1 is 1.24 bits per heavy atom. The van der Waals surface area contributed by atoms with Crippen LogP contribution in [0.5, 0.6) is 0 Å². The van der Waals surface area contributed by atoms with Crippen molar-refractivity contribution in [2.75, 3.05) is 0 Å². The van der Waals surface area contributed by atoms with E-state index in [4.69, 9.17) is 4.74 Å². The van der Waals surface area contributed by atoms with Crippen LogP contribution in [0.15, 0.2) is 61.2 Å². The summed E-state index contributed by atoms with van der Waals surface area (Å²) in [6.07, 6.45) is 6.40. The molecule has 0 N–H and O–H groups in total. The van der Waals surface area contributed by atoms with E-state index in [9.17, 15) is 5.26 Å². The van der Waals surface area contributed by atoms with E-state index in [1.165, 1.54) is 5.56 Å². The molecule has 0 spiro atoms. The molecule has 0 amide bonds. The third kappa shape index (κ3) is 2.73. The normalized spacial score (nSPS) is 18.7. The maximum Gasteiger partial charge on any atom is 0.121 e.